The van der Waals surface area contributed by atoms with Crippen molar-refractivity contribution in [2.75, 3.05) is 20.6 Å². The Balaban J connectivity index is 3.46. The minimum absolute atomic E-state index is 0.0347. The van der Waals surface area contributed by atoms with Gasteiger partial charge in [-0.15, -0.1) is 0 Å². The third-order valence-electron chi connectivity index (χ3n) is 1.03. The molecule has 0 aromatic rings. The first-order valence-electron chi connectivity index (χ1n) is 2.65. The molecule has 8 heavy (non-hydrogen) atoms. The Morgan fingerprint density at radius 2 is 2.25 bits per heavy atom. The molecule has 0 aromatic heterocycles. The normalized spacial score (nSPS) is 8.38. The van der Waals surface area contributed by atoms with Gasteiger partial charge in [0.15, 0.2) is 0 Å². The predicted molar refractivity (Wildman–Crippen MR) is 32.8 cm³/mol. The van der Waals surface area contributed by atoms with Gasteiger partial charge in [0.1, 0.15) is 0 Å². The number of rotatable bonds is 1. The molecule has 0 saturated carbocycles. The lowest BCUT2D eigenvalue weighted by Crippen LogP contribution is -2.34. The van der Waals surface area contributed by atoms with Crippen molar-refractivity contribution in [1.29, 1.82) is 0 Å². The van der Waals surface area contributed by atoms with E-state index in [-0.39, 0.29) is 6.03 Å². The molecule has 0 rings (SSSR count). The van der Waals surface area contributed by atoms with Crippen LogP contribution in [-0.4, -0.2) is 31.6 Å². The molecule has 0 heterocycles. The number of carbonyl (C=O) groups excluding carboxylic acids is 1. The van der Waals surface area contributed by atoms with Crippen LogP contribution in [0, 0.1) is 0 Å². The minimum atomic E-state index is -0.0347. The molecule has 0 bridgehead atoms. The van der Waals surface area contributed by atoms with E-state index in [0.29, 0.717) is 0 Å². The van der Waals surface area contributed by atoms with Gasteiger partial charge in [-0.25, -0.2) is 4.79 Å². The van der Waals surface area contributed by atoms with Gasteiger partial charge < -0.3 is 10.2 Å². The maximum absolute atomic E-state index is 10.6. The average Bonchev–Trinajstić information content (AvgIpc) is 1.84. The highest BCUT2D eigenvalue weighted by Crippen LogP contribution is 1.78. The van der Waals surface area contributed by atoms with Crippen molar-refractivity contribution in [3.63, 3.8) is 0 Å². The molecule has 0 unspecified atom stereocenters. The summed E-state index contributed by atoms with van der Waals surface area (Å²) in [6.07, 6.45) is 0. The van der Waals surface area contributed by atoms with Gasteiger partial charge in [-0.1, -0.05) is 0 Å². The van der Waals surface area contributed by atoms with Crippen LogP contribution in [0.5, 0.6) is 0 Å². The molecule has 0 fully saturated rings. The highest BCUT2D eigenvalue weighted by Gasteiger charge is 1.99. The van der Waals surface area contributed by atoms with Crippen LogP contribution in [0.4, 0.5) is 4.79 Å². The monoisotopic (exact) mass is 116 g/mol. The molecule has 0 radical (unpaired) electrons. The summed E-state index contributed by atoms with van der Waals surface area (Å²) in [5.41, 5.74) is 0. The topological polar surface area (TPSA) is 32.3 Å². The SMILES string of the molecule is CCN(C)C(=O)NC. The number of urea groups is 1. The van der Waals surface area contributed by atoms with Crippen molar-refractivity contribution in [2.45, 2.75) is 6.92 Å². The highest BCUT2D eigenvalue weighted by atomic mass is 16.2. The fourth-order valence-electron chi connectivity index (χ4n) is 0.334. The Hall–Kier alpha value is -0.730. The van der Waals surface area contributed by atoms with E-state index in [1.54, 1.807) is 19.0 Å². The van der Waals surface area contributed by atoms with Gasteiger partial charge in [0, 0.05) is 20.6 Å². The molecule has 0 spiro atoms. The smallest absolute Gasteiger partial charge is 0.316 e. The summed E-state index contributed by atoms with van der Waals surface area (Å²) in [5, 5.41) is 2.50. The fourth-order valence-corrected chi connectivity index (χ4v) is 0.334. The first kappa shape index (κ1) is 7.27. The highest BCUT2D eigenvalue weighted by molar-refractivity contribution is 5.73. The van der Waals surface area contributed by atoms with Gasteiger partial charge in [0.25, 0.3) is 0 Å². The van der Waals surface area contributed by atoms with Crippen LogP contribution in [0.3, 0.4) is 0 Å². The van der Waals surface area contributed by atoms with Gasteiger partial charge in [-0.2, -0.15) is 0 Å². The lowest BCUT2D eigenvalue weighted by molar-refractivity contribution is 0.213. The summed E-state index contributed by atoms with van der Waals surface area (Å²) in [6, 6.07) is -0.0347. The molecule has 48 valence electrons. The second kappa shape index (κ2) is 3.29. The van der Waals surface area contributed by atoms with Gasteiger partial charge in [-0.3, -0.25) is 0 Å². The Bertz CT molecular complexity index is 82.5. The van der Waals surface area contributed by atoms with Crippen LogP contribution < -0.4 is 5.32 Å². The molecule has 3 heteroatoms. The number of amides is 2. The van der Waals surface area contributed by atoms with Crippen molar-refractivity contribution in [3.8, 4) is 0 Å². The molecule has 0 aliphatic heterocycles. The number of nitrogens with one attached hydrogen (secondary N) is 1. The minimum Gasteiger partial charge on any atom is -0.341 e. The summed E-state index contributed by atoms with van der Waals surface area (Å²) >= 11 is 0. The van der Waals surface area contributed by atoms with Crippen molar-refractivity contribution in [1.82, 2.24) is 10.2 Å². The zero-order chi connectivity index (χ0) is 6.57. The summed E-state index contributed by atoms with van der Waals surface area (Å²) < 4.78 is 0. The Kier molecular flexibility index (Phi) is 2.99. The quantitative estimate of drug-likeness (QED) is 0.524. The number of hydrogen-bond acceptors (Lipinski definition) is 1. The van der Waals surface area contributed by atoms with E-state index in [0.717, 1.165) is 6.54 Å². The summed E-state index contributed by atoms with van der Waals surface area (Å²) in [7, 11) is 3.37. The zero-order valence-corrected chi connectivity index (χ0v) is 5.56. The molecule has 0 aliphatic carbocycles. The molecule has 1 N–H and O–H groups in total. The Labute approximate surface area is 49.7 Å². The van der Waals surface area contributed by atoms with Crippen LogP contribution in [-0.2, 0) is 0 Å². The van der Waals surface area contributed by atoms with E-state index in [4.69, 9.17) is 0 Å². The summed E-state index contributed by atoms with van der Waals surface area (Å²) in [4.78, 5) is 12.2. The van der Waals surface area contributed by atoms with Crippen molar-refractivity contribution < 1.29 is 4.79 Å². The lowest BCUT2D eigenvalue weighted by atomic mass is 10.6. The summed E-state index contributed by atoms with van der Waals surface area (Å²) in [5.74, 6) is 0. The number of hydrogen-bond donors (Lipinski definition) is 1. The standard InChI is InChI=1S/C5H12N2O/c1-4-7(3)5(8)6-2/h4H2,1-3H3,(H,6,8). The van der Waals surface area contributed by atoms with E-state index in [1.807, 2.05) is 6.92 Å². The third kappa shape index (κ3) is 1.82. The van der Waals surface area contributed by atoms with Crippen LogP contribution in [0.15, 0.2) is 0 Å². The summed E-state index contributed by atoms with van der Waals surface area (Å²) in [6.45, 7) is 2.68. The van der Waals surface area contributed by atoms with Gasteiger partial charge in [0.05, 0.1) is 0 Å². The van der Waals surface area contributed by atoms with Crippen molar-refractivity contribution >= 4 is 6.03 Å². The maximum Gasteiger partial charge on any atom is 0.316 e. The van der Waals surface area contributed by atoms with Crippen LogP contribution >= 0.6 is 0 Å². The van der Waals surface area contributed by atoms with Gasteiger partial charge in [-0.05, 0) is 6.92 Å². The molecular formula is C5H12N2O. The van der Waals surface area contributed by atoms with E-state index in [9.17, 15) is 4.79 Å². The number of nitrogens with zero attached hydrogens (tertiary/aromatic N) is 1. The van der Waals surface area contributed by atoms with E-state index >= 15 is 0 Å². The zero-order valence-electron chi connectivity index (χ0n) is 5.56. The average molecular weight is 116 g/mol. The fraction of sp³-hybridized carbons (Fsp3) is 0.800. The maximum atomic E-state index is 10.6. The lowest BCUT2D eigenvalue weighted by Gasteiger charge is -2.12. The third-order valence-corrected chi connectivity index (χ3v) is 1.03. The van der Waals surface area contributed by atoms with Crippen LogP contribution in [0.25, 0.3) is 0 Å². The van der Waals surface area contributed by atoms with E-state index in [2.05, 4.69) is 5.32 Å². The second-order valence-corrected chi connectivity index (χ2v) is 1.57. The second-order valence-electron chi connectivity index (χ2n) is 1.57. The Morgan fingerprint density at radius 3 is 2.38 bits per heavy atom. The first-order valence-corrected chi connectivity index (χ1v) is 2.65. The molecule has 2 amide bonds. The molecule has 0 aliphatic rings. The molecule has 0 atom stereocenters. The van der Waals surface area contributed by atoms with Crippen LogP contribution in [0.2, 0.25) is 0 Å². The van der Waals surface area contributed by atoms with E-state index in [1.165, 1.54) is 0 Å². The molecule has 0 saturated heterocycles. The molecule has 0 aromatic carbocycles. The van der Waals surface area contributed by atoms with Gasteiger partial charge in [0.2, 0.25) is 0 Å². The molecule has 3 nitrogen and oxygen atoms in total. The van der Waals surface area contributed by atoms with Crippen LogP contribution in [0.1, 0.15) is 6.92 Å². The van der Waals surface area contributed by atoms with E-state index < -0.39 is 0 Å². The van der Waals surface area contributed by atoms with Crippen molar-refractivity contribution in [3.05, 3.63) is 0 Å². The largest absolute Gasteiger partial charge is 0.341 e. The first-order chi connectivity index (χ1) is 3.72. The van der Waals surface area contributed by atoms with Crippen molar-refractivity contribution in [2.24, 2.45) is 0 Å². The molecular weight excluding hydrogens is 104 g/mol. The Morgan fingerprint density at radius 1 is 1.75 bits per heavy atom. The number of carbonyl (C=O) groups is 1. The van der Waals surface area contributed by atoms with Gasteiger partial charge >= 0.3 is 6.03 Å². The predicted octanol–water partition coefficient (Wildman–Crippen LogP) is 0.277.